The van der Waals surface area contributed by atoms with Gasteiger partial charge >= 0.3 is 0 Å². The fourth-order valence-corrected chi connectivity index (χ4v) is 3.15. The number of hydrogen-bond donors (Lipinski definition) is 1. The van der Waals surface area contributed by atoms with Crippen molar-refractivity contribution < 1.29 is 9.59 Å². The van der Waals surface area contributed by atoms with Gasteiger partial charge in [-0.2, -0.15) is 5.10 Å². The molecule has 1 heterocycles. The van der Waals surface area contributed by atoms with Gasteiger partial charge < -0.3 is 10.2 Å². The number of anilines is 1. The molecule has 6 nitrogen and oxygen atoms in total. The smallest absolute Gasteiger partial charge is 0.259 e. The minimum atomic E-state index is -0.324. The molecule has 0 atom stereocenters. The predicted molar refractivity (Wildman–Crippen MR) is 120 cm³/mol. The molecule has 2 amide bonds. The van der Waals surface area contributed by atoms with Crippen molar-refractivity contribution >= 4 is 29.1 Å². The summed E-state index contributed by atoms with van der Waals surface area (Å²) in [6.07, 6.45) is 1.73. The van der Waals surface area contributed by atoms with Crippen LogP contribution in [0.1, 0.15) is 41.5 Å². The number of nitrogens with one attached hydrogen (secondary N) is 1. The van der Waals surface area contributed by atoms with Crippen molar-refractivity contribution in [2.75, 3.05) is 19.4 Å². The molecule has 0 aliphatic carbocycles. The highest BCUT2D eigenvalue weighted by atomic mass is 35.5. The summed E-state index contributed by atoms with van der Waals surface area (Å²) in [4.78, 5) is 26.9. The SMILES string of the molecule is CN(C)C(=O)c1cccc(NC(=O)c2cn(C(C)(C)C)nc2-c2ccccc2Cl)c1. The number of benzene rings is 2. The van der Waals surface area contributed by atoms with E-state index < -0.39 is 0 Å². The van der Waals surface area contributed by atoms with Gasteiger partial charge in [0.15, 0.2) is 0 Å². The monoisotopic (exact) mass is 424 g/mol. The Hall–Kier alpha value is -3.12. The summed E-state index contributed by atoms with van der Waals surface area (Å²) >= 11 is 6.38. The Morgan fingerprint density at radius 3 is 2.40 bits per heavy atom. The van der Waals surface area contributed by atoms with Gasteiger partial charge in [-0.05, 0) is 45.0 Å². The van der Waals surface area contributed by atoms with E-state index in [1.807, 2.05) is 39.0 Å². The highest BCUT2D eigenvalue weighted by Gasteiger charge is 2.24. The van der Waals surface area contributed by atoms with E-state index in [0.29, 0.717) is 33.1 Å². The lowest BCUT2D eigenvalue weighted by Gasteiger charge is -2.18. The van der Waals surface area contributed by atoms with Crippen molar-refractivity contribution in [1.82, 2.24) is 14.7 Å². The highest BCUT2D eigenvalue weighted by Crippen LogP contribution is 2.31. The summed E-state index contributed by atoms with van der Waals surface area (Å²) in [5.41, 5.74) is 2.31. The second kappa shape index (κ2) is 8.32. The van der Waals surface area contributed by atoms with Crippen molar-refractivity contribution in [3.05, 3.63) is 70.9 Å². The molecule has 1 N–H and O–H groups in total. The largest absolute Gasteiger partial charge is 0.345 e. The third kappa shape index (κ3) is 4.54. The van der Waals surface area contributed by atoms with Gasteiger partial charge in [0, 0.05) is 37.1 Å². The highest BCUT2D eigenvalue weighted by molar-refractivity contribution is 6.33. The Morgan fingerprint density at radius 2 is 1.77 bits per heavy atom. The van der Waals surface area contributed by atoms with Crippen LogP contribution in [0.5, 0.6) is 0 Å². The first kappa shape index (κ1) is 21.6. The van der Waals surface area contributed by atoms with Crippen LogP contribution >= 0.6 is 11.6 Å². The molecule has 30 heavy (non-hydrogen) atoms. The normalized spacial score (nSPS) is 11.3. The van der Waals surface area contributed by atoms with Crippen LogP contribution in [0.4, 0.5) is 5.69 Å². The minimum absolute atomic E-state index is 0.136. The van der Waals surface area contributed by atoms with Gasteiger partial charge in [-0.15, -0.1) is 0 Å². The molecule has 3 aromatic rings. The molecule has 0 fully saturated rings. The van der Waals surface area contributed by atoms with E-state index in [0.717, 1.165) is 0 Å². The Balaban J connectivity index is 2.00. The average Bonchev–Trinajstić information content (AvgIpc) is 3.13. The van der Waals surface area contributed by atoms with Crippen LogP contribution in [-0.2, 0) is 5.54 Å². The quantitative estimate of drug-likeness (QED) is 0.646. The lowest BCUT2D eigenvalue weighted by molar-refractivity contribution is 0.0827. The molecule has 1 aromatic heterocycles. The van der Waals surface area contributed by atoms with Crippen LogP contribution in [0.25, 0.3) is 11.3 Å². The molecule has 0 radical (unpaired) electrons. The van der Waals surface area contributed by atoms with Crippen LogP contribution in [0.15, 0.2) is 54.7 Å². The first-order chi connectivity index (χ1) is 14.1. The zero-order valence-corrected chi connectivity index (χ0v) is 18.5. The zero-order valence-electron chi connectivity index (χ0n) is 17.7. The topological polar surface area (TPSA) is 67.2 Å². The molecular formula is C23H25ClN4O2. The van der Waals surface area contributed by atoms with E-state index in [9.17, 15) is 9.59 Å². The van der Waals surface area contributed by atoms with Crippen molar-refractivity contribution in [2.45, 2.75) is 26.3 Å². The van der Waals surface area contributed by atoms with E-state index in [2.05, 4.69) is 10.4 Å². The minimum Gasteiger partial charge on any atom is -0.345 e. The molecule has 0 aliphatic rings. The number of amides is 2. The summed E-state index contributed by atoms with van der Waals surface area (Å²) in [5, 5.41) is 8.05. The fourth-order valence-electron chi connectivity index (χ4n) is 2.92. The number of aromatic nitrogens is 2. The molecule has 0 saturated carbocycles. The lowest BCUT2D eigenvalue weighted by atomic mass is 10.1. The Kier molecular flexibility index (Phi) is 5.99. The van der Waals surface area contributed by atoms with Crippen LogP contribution in [0.2, 0.25) is 5.02 Å². The third-order valence-corrected chi connectivity index (χ3v) is 4.88. The molecule has 156 valence electrons. The van der Waals surface area contributed by atoms with Crippen LogP contribution in [-0.4, -0.2) is 40.6 Å². The maximum Gasteiger partial charge on any atom is 0.259 e. The maximum absolute atomic E-state index is 13.2. The van der Waals surface area contributed by atoms with Gasteiger partial charge in [0.2, 0.25) is 0 Å². The van der Waals surface area contributed by atoms with Crippen LogP contribution in [0, 0.1) is 0 Å². The standard InChI is InChI=1S/C23H25ClN4O2/c1-23(2,3)28-14-18(20(26-28)17-11-6-7-12-19(17)24)21(29)25-16-10-8-9-15(13-16)22(30)27(4)5/h6-14H,1-5H3,(H,25,29). The molecule has 0 unspecified atom stereocenters. The number of hydrogen-bond acceptors (Lipinski definition) is 3. The molecule has 2 aromatic carbocycles. The van der Waals surface area contributed by atoms with Gasteiger partial charge in [-0.1, -0.05) is 35.9 Å². The molecule has 0 spiro atoms. The molecule has 7 heteroatoms. The summed E-state index contributed by atoms with van der Waals surface area (Å²) < 4.78 is 1.76. The van der Waals surface area contributed by atoms with Crippen LogP contribution in [0.3, 0.4) is 0 Å². The number of carbonyl (C=O) groups is 2. The summed E-state index contributed by atoms with van der Waals surface area (Å²) in [5.74, 6) is -0.460. The van der Waals surface area contributed by atoms with Gasteiger partial charge in [-0.25, -0.2) is 0 Å². The second-order valence-corrected chi connectivity index (χ2v) is 8.63. The predicted octanol–water partition coefficient (Wildman–Crippen LogP) is 4.91. The van der Waals surface area contributed by atoms with Gasteiger partial charge in [0.05, 0.1) is 16.1 Å². The number of halogens is 1. The second-order valence-electron chi connectivity index (χ2n) is 8.22. The molecule has 0 saturated heterocycles. The number of nitrogens with zero attached hydrogens (tertiary/aromatic N) is 3. The summed E-state index contributed by atoms with van der Waals surface area (Å²) in [6.45, 7) is 6.02. The third-order valence-electron chi connectivity index (χ3n) is 4.55. The van der Waals surface area contributed by atoms with E-state index in [4.69, 9.17) is 11.6 Å². The van der Waals surface area contributed by atoms with E-state index in [1.165, 1.54) is 4.90 Å². The van der Waals surface area contributed by atoms with E-state index in [1.54, 1.807) is 55.3 Å². The van der Waals surface area contributed by atoms with Crippen LogP contribution < -0.4 is 5.32 Å². The lowest BCUT2D eigenvalue weighted by Crippen LogP contribution is -2.22. The summed E-state index contributed by atoms with van der Waals surface area (Å²) in [6, 6.07) is 14.1. The van der Waals surface area contributed by atoms with Crippen molar-refractivity contribution in [1.29, 1.82) is 0 Å². The molecule has 0 bridgehead atoms. The first-order valence-electron chi connectivity index (χ1n) is 9.56. The Bertz CT molecular complexity index is 1100. The van der Waals surface area contributed by atoms with E-state index >= 15 is 0 Å². The van der Waals surface area contributed by atoms with Crippen molar-refractivity contribution in [3.8, 4) is 11.3 Å². The zero-order chi connectivity index (χ0) is 22.1. The first-order valence-corrected chi connectivity index (χ1v) is 9.94. The fraction of sp³-hybridized carbons (Fsp3) is 0.261. The van der Waals surface area contributed by atoms with Crippen molar-refractivity contribution in [2.24, 2.45) is 0 Å². The Labute approximate surface area is 181 Å². The molecule has 3 rings (SSSR count). The summed E-state index contributed by atoms with van der Waals surface area (Å²) in [7, 11) is 3.37. The number of carbonyl (C=O) groups excluding carboxylic acids is 2. The average molecular weight is 425 g/mol. The number of rotatable bonds is 4. The molecule has 0 aliphatic heterocycles. The van der Waals surface area contributed by atoms with Crippen molar-refractivity contribution in [3.63, 3.8) is 0 Å². The van der Waals surface area contributed by atoms with Gasteiger partial charge in [0.25, 0.3) is 11.8 Å². The Morgan fingerprint density at radius 1 is 1.07 bits per heavy atom. The van der Waals surface area contributed by atoms with E-state index in [-0.39, 0.29) is 17.4 Å². The molecular weight excluding hydrogens is 400 g/mol. The van der Waals surface area contributed by atoms with Gasteiger partial charge in [0.1, 0.15) is 5.69 Å². The van der Waals surface area contributed by atoms with Gasteiger partial charge in [-0.3, -0.25) is 14.3 Å². The maximum atomic E-state index is 13.2.